The topological polar surface area (TPSA) is 41.1 Å². The molecule has 0 atom stereocenters. The van der Waals surface area contributed by atoms with Crippen LogP contribution in [0.4, 0.5) is 15.8 Å². The maximum absolute atomic E-state index is 13.2. The van der Waals surface area contributed by atoms with Crippen molar-refractivity contribution in [1.82, 2.24) is 0 Å². The Bertz CT molecular complexity index is 611. The number of carbonyl (C=O) groups is 1. The summed E-state index contributed by atoms with van der Waals surface area (Å²) in [5.41, 5.74) is 2.10. The third-order valence-corrected chi connectivity index (χ3v) is 3.33. The number of rotatable bonds is 4. The van der Waals surface area contributed by atoms with Gasteiger partial charge in [-0.25, -0.2) is 4.39 Å². The summed E-state index contributed by atoms with van der Waals surface area (Å²) < 4.78 is 14.0. The average Bonchev–Trinajstić information content (AvgIpc) is 2.38. The fraction of sp³-hybridized carbons (Fsp3) is 0.133. The zero-order valence-electron chi connectivity index (χ0n) is 10.9. The average molecular weight is 337 g/mol. The van der Waals surface area contributed by atoms with Crippen LogP contribution in [0.25, 0.3) is 0 Å². The third-order valence-electron chi connectivity index (χ3n) is 2.64. The van der Waals surface area contributed by atoms with E-state index in [2.05, 4.69) is 26.6 Å². The molecule has 2 aromatic carbocycles. The Labute approximate surface area is 125 Å². The summed E-state index contributed by atoms with van der Waals surface area (Å²) in [6, 6.07) is 11.9. The first-order chi connectivity index (χ1) is 9.54. The zero-order chi connectivity index (χ0) is 14.5. The Morgan fingerprint density at radius 2 is 2.00 bits per heavy atom. The van der Waals surface area contributed by atoms with Gasteiger partial charge in [0.2, 0.25) is 5.91 Å². The van der Waals surface area contributed by atoms with Gasteiger partial charge in [-0.15, -0.1) is 0 Å². The Morgan fingerprint density at radius 1 is 1.25 bits per heavy atom. The molecule has 0 radical (unpaired) electrons. The van der Waals surface area contributed by atoms with E-state index in [1.807, 2.05) is 18.2 Å². The van der Waals surface area contributed by atoms with Crippen LogP contribution in [-0.2, 0) is 4.79 Å². The summed E-state index contributed by atoms with van der Waals surface area (Å²) in [6.07, 6.45) is 0. The van der Waals surface area contributed by atoms with E-state index >= 15 is 0 Å². The van der Waals surface area contributed by atoms with Crippen molar-refractivity contribution in [3.05, 3.63) is 58.3 Å². The Balaban J connectivity index is 1.94. The first kappa shape index (κ1) is 14.5. The van der Waals surface area contributed by atoms with Crippen molar-refractivity contribution in [3.8, 4) is 0 Å². The summed E-state index contributed by atoms with van der Waals surface area (Å²) in [4.78, 5) is 11.8. The highest BCUT2D eigenvalue weighted by Crippen LogP contribution is 2.21. The van der Waals surface area contributed by atoms with E-state index in [4.69, 9.17) is 0 Å². The van der Waals surface area contributed by atoms with E-state index in [0.29, 0.717) is 11.4 Å². The van der Waals surface area contributed by atoms with Crippen LogP contribution >= 0.6 is 15.9 Å². The minimum absolute atomic E-state index is 0.0736. The molecule has 2 rings (SSSR count). The fourth-order valence-electron chi connectivity index (χ4n) is 1.78. The van der Waals surface area contributed by atoms with Crippen molar-refractivity contribution < 1.29 is 9.18 Å². The van der Waals surface area contributed by atoms with Crippen LogP contribution in [0.3, 0.4) is 0 Å². The van der Waals surface area contributed by atoms with Crippen LogP contribution in [0.2, 0.25) is 0 Å². The first-order valence-electron chi connectivity index (χ1n) is 6.10. The number of para-hydroxylation sites is 1. The highest BCUT2D eigenvalue weighted by atomic mass is 79.9. The number of benzene rings is 2. The van der Waals surface area contributed by atoms with Gasteiger partial charge in [-0.05, 0) is 58.7 Å². The second-order valence-electron chi connectivity index (χ2n) is 4.40. The lowest BCUT2D eigenvalue weighted by molar-refractivity contribution is -0.114. The van der Waals surface area contributed by atoms with E-state index in [9.17, 15) is 9.18 Å². The molecule has 0 aliphatic heterocycles. The molecule has 5 heteroatoms. The predicted molar refractivity (Wildman–Crippen MR) is 82.4 cm³/mol. The van der Waals surface area contributed by atoms with E-state index in [0.717, 1.165) is 10.0 Å². The van der Waals surface area contributed by atoms with E-state index in [1.54, 1.807) is 19.1 Å². The maximum Gasteiger partial charge on any atom is 0.243 e. The van der Waals surface area contributed by atoms with E-state index < -0.39 is 0 Å². The molecule has 2 aromatic rings. The second kappa shape index (κ2) is 6.52. The number of nitrogens with one attached hydrogen (secondary N) is 2. The van der Waals surface area contributed by atoms with Gasteiger partial charge in [0.15, 0.2) is 0 Å². The summed E-state index contributed by atoms with van der Waals surface area (Å²) in [5.74, 6) is -0.516. The highest BCUT2D eigenvalue weighted by Gasteiger charge is 2.05. The Kier molecular flexibility index (Phi) is 4.74. The second-order valence-corrected chi connectivity index (χ2v) is 5.25. The lowest BCUT2D eigenvalue weighted by Gasteiger charge is -2.09. The summed E-state index contributed by atoms with van der Waals surface area (Å²) in [5, 5.41) is 5.67. The lowest BCUT2D eigenvalue weighted by atomic mass is 10.2. The summed E-state index contributed by atoms with van der Waals surface area (Å²) in [6.45, 7) is 1.87. The molecule has 0 heterocycles. The number of amides is 1. The summed E-state index contributed by atoms with van der Waals surface area (Å²) >= 11 is 3.36. The molecule has 3 nitrogen and oxygen atoms in total. The van der Waals surface area contributed by atoms with Crippen molar-refractivity contribution in [3.63, 3.8) is 0 Å². The Hall–Kier alpha value is -1.88. The largest absolute Gasteiger partial charge is 0.376 e. The highest BCUT2D eigenvalue weighted by molar-refractivity contribution is 9.10. The van der Waals surface area contributed by atoms with Gasteiger partial charge in [-0.1, -0.05) is 12.1 Å². The number of hydrogen-bond acceptors (Lipinski definition) is 2. The van der Waals surface area contributed by atoms with Gasteiger partial charge in [0.25, 0.3) is 0 Å². The molecule has 20 heavy (non-hydrogen) atoms. The SMILES string of the molecule is Cc1cc(F)cc(NCC(=O)Nc2ccccc2Br)c1. The predicted octanol–water partition coefficient (Wildman–Crippen LogP) is 3.95. The van der Waals surface area contributed by atoms with Gasteiger partial charge in [0, 0.05) is 10.2 Å². The fourth-order valence-corrected chi connectivity index (χ4v) is 2.16. The summed E-state index contributed by atoms with van der Waals surface area (Å²) in [7, 11) is 0. The number of carbonyl (C=O) groups excluding carboxylic acids is 1. The van der Waals surface area contributed by atoms with Crippen molar-refractivity contribution in [2.75, 3.05) is 17.2 Å². The van der Waals surface area contributed by atoms with Crippen LogP contribution in [0, 0.1) is 12.7 Å². The molecule has 0 fully saturated rings. The van der Waals surface area contributed by atoms with Crippen molar-refractivity contribution in [1.29, 1.82) is 0 Å². The molecule has 0 aliphatic rings. The van der Waals surface area contributed by atoms with Crippen molar-refractivity contribution in [2.24, 2.45) is 0 Å². The monoisotopic (exact) mass is 336 g/mol. The van der Waals surface area contributed by atoms with Crippen LogP contribution < -0.4 is 10.6 Å². The molecule has 0 saturated carbocycles. The molecular formula is C15H14BrFN2O. The zero-order valence-corrected chi connectivity index (χ0v) is 12.5. The smallest absolute Gasteiger partial charge is 0.243 e. The minimum atomic E-state index is -0.321. The number of hydrogen-bond donors (Lipinski definition) is 2. The van der Waals surface area contributed by atoms with Gasteiger partial charge in [-0.3, -0.25) is 4.79 Å². The lowest BCUT2D eigenvalue weighted by Crippen LogP contribution is -2.22. The van der Waals surface area contributed by atoms with Gasteiger partial charge in [0.05, 0.1) is 12.2 Å². The van der Waals surface area contributed by atoms with Crippen molar-refractivity contribution >= 4 is 33.2 Å². The Morgan fingerprint density at radius 3 is 2.70 bits per heavy atom. The molecule has 2 N–H and O–H groups in total. The first-order valence-corrected chi connectivity index (χ1v) is 6.89. The maximum atomic E-state index is 13.2. The molecule has 0 bridgehead atoms. The number of aryl methyl sites for hydroxylation is 1. The molecule has 0 saturated heterocycles. The molecule has 1 amide bonds. The van der Waals surface area contributed by atoms with Crippen LogP contribution in [0.1, 0.15) is 5.56 Å². The van der Waals surface area contributed by atoms with Crippen molar-refractivity contribution in [2.45, 2.75) is 6.92 Å². The van der Waals surface area contributed by atoms with Crippen LogP contribution in [0.15, 0.2) is 46.9 Å². The molecule has 0 aromatic heterocycles. The normalized spacial score (nSPS) is 10.2. The van der Waals surface area contributed by atoms with Gasteiger partial charge < -0.3 is 10.6 Å². The van der Waals surface area contributed by atoms with Gasteiger partial charge >= 0.3 is 0 Å². The van der Waals surface area contributed by atoms with Gasteiger partial charge in [-0.2, -0.15) is 0 Å². The standard InChI is InChI=1S/C15H14BrFN2O/c1-10-6-11(17)8-12(7-10)18-9-15(20)19-14-5-3-2-4-13(14)16/h2-8,18H,9H2,1H3,(H,19,20). The third kappa shape index (κ3) is 4.06. The molecule has 0 spiro atoms. The van der Waals surface area contributed by atoms with E-state index in [1.165, 1.54) is 12.1 Å². The minimum Gasteiger partial charge on any atom is -0.376 e. The number of halogens is 2. The van der Waals surface area contributed by atoms with Crippen LogP contribution in [-0.4, -0.2) is 12.5 Å². The van der Waals surface area contributed by atoms with E-state index in [-0.39, 0.29) is 18.3 Å². The molecular weight excluding hydrogens is 323 g/mol. The molecule has 0 unspecified atom stereocenters. The number of anilines is 2. The van der Waals surface area contributed by atoms with Gasteiger partial charge in [0.1, 0.15) is 5.82 Å². The molecule has 104 valence electrons. The van der Waals surface area contributed by atoms with Crippen LogP contribution in [0.5, 0.6) is 0 Å². The molecule has 0 aliphatic carbocycles. The quantitative estimate of drug-likeness (QED) is 0.887.